The molecule has 1 amide bonds. The van der Waals surface area contributed by atoms with Crippen molar-refractivity contribution in [2.45, 2.75) is 36.3 Å². The fraction of sp³-hybridized carbons (Fsp3) is 0.533. The molecule has 1 unspecified atom stereocenters. The number of nitrogens with two attached hydrogens (primary N) is 1. The lowest BCUT2D eigenvalue weighted by Gasteiger charge is -2.18. The molecule has 2 aliphatic rings. The molecule has 21 heavy (non-hydrogen) atoms. The highest BCUT2D eigenvalue weighted by atomic mass is 32.2. The van der Waals surface area contributed by atoms with E-state index < -0.39 is 20.5 Å². The third-order valence-corrected chi connectivity index (χ3v) is 6.88. The first-order valence-electron chi connectivity index (χ1n) is 7.30. The van der Waals surface area contributed by atoms with Crippen molar-refractivity contribution >= 4 is 21.4 Å². The fourth-order valence-electron chi connectivity index (χ4n) is 3.04. The summed E-state index contributed by atoms with van der Waals surface area (Å²) in [6, 6.07) is 7.36. The predicted octanol–water partition coefficient (Wildman–Crippen LogP) is 0.994. The smallest absolute Gasteiger partial charge is 0.230 e. The van der Waals surface area contributed by atoms with Gasteiger partial charge in [0.15, 0.2) is 9.84 Å². The Kier molecular flexibility index (Phi) is 3.43. The Morgan fingerprint density at radius 1 is 1.29 bits per heavy atom. The molecular weight excluding hydrogens is 288 g/mol. The molecule has 3 rings (SSSR count). The Morgan fingerprint density at radius 3 is 2.48 bits per heavy atom. The highest BCUT2D eigenvalue weighted by molar-refractivity contribution is 7.92. The molecule has 0 spiro atoms. The minimum Gasteiger partial charge on any atom is -0.399 e. The van der Waals surface area contributed by atoms with E-state index in [9.17, 15) is 13.2 Å². The second-order valence-electron chi connectivity index (χ2n) is 6.05. The normalized spacial score (nSPS) is 25.4. The molecule has 1 heterocycles. The number of hydrogen-bond donors (Lipinski definition) is 2. The average molecular weight is 308 g/mol. The van der Waals surface area contributed by atoms with Gasteiger partial charge in [0.2, 0.25) is 5.91 Å². The van der Waals surface area contributed by atoms with Crippen LogP contribution in [0.2, 0.25) is 0 Å². The van der Waals surface area contributed by atoms with Crippen molar-refractivity contribution in [2.75, 3.05) is 18.0 Å². The lowest BCUT2D eigenvalue weighted by molar-refractivity contribution is -0.123. The number of carbonyl (C=O) groups excluding carboxylic acids is 1. The van der Waals surface area contributed by atoms with Crippen molar-refractivity contribution in [3.05, 3.63) is 29.8 Å². The molecule has 1 aromatic rings. The number of anilines is 1. The predicted molar refractivity (Wildman–Crippen MR) is 81.6 cm³/mol. The summed E-state index contributed by atoms with van der Waals surface area (Å²) in [5.74, 6) is 0.186. The van der Waals surface area contributed by atoms with Gasteiger partial charge in [-0.15, -0.1) is 0 Å². The standard InChI is InChI=1S/C15H20N2O3S/c16-12-5-3-11(4-6-12)15(7-8-15)14(18)17-10-13-2-1-9-21(13,19)20/h3-6,13H,1-2,7-10,16H2,(H,17,18). The van der Waals surface area contributed by atoms with Crippen molar-refractivity contribution in [1.29, 1.82) is 0 Å². The van der Waals surface area contributed by atoms with Crippen LogP contribution in [-0.4, -0.2) is 31.9 Å². The van der Waals surface area contributed by atoms with Gasteiger partial charge < -0.3 is 11.1 Å². The molecule has 0 bridgehead atoms. The maximum Gasteiger partial charge on any atom is 0.230 e. The Hall–Kier alpha value is -1.56. The molecular formula is C15H20N2O3S. The van der Waals surface area contributed by atoms with E-state index in [1.807, 2.05) is 12.1 Å². The molecule has 0 aromatic heterocycles. The van der Waals surface area contributed by atoms with Gasteiger partial charge in [0.1, 0.15) is 0 Å². The average Bonchev–Trinajstić information content (AvgIpc) is 3.17. The number of sulfone groups is 1. The Bertz CT molecular complexity index is 648. The molecule has 114 valence electrons. The van der Waals surface area contributed by atoms with E-state index in [2.05, 4.69) is 5.32 Å². The minimum atomic E-state index is -3.01. The number of rotatable bonds is 4. The number of benzene rings is 1. The third kappa shape index (κ3) is 2.64. The van der Waals surface area contributed by atoms with Gasteiger partial charge >= 0.3 is 0 Å². The first-order valence-corrected chi connectivity index (χ1v) is 9.01. The zero-order chi connectivity index (χ0) is 15.1. The van der Waals surface area contributed by atoms with E-state index in [1.165, 1.54) is 0 Å². The first-order chi connectivity index (χ1) is 9.94. The van der Waals surface area contributed by atoms with E-state index >= 15 is 0 Å². The van der Waals surface area contributed by atoms with Crippen LogP contribution in [0, 0.1) is 0 Å². The summed E-state index contributed by atoms with van der Waals surface area (Å²) in [5, 5.41) is 2.43. The van der Waals surface area contributed by atoms with E-state index in [4.69, 9.17) is 5.73 Å². The summed E-state index contributed by atoms with van der Waals surface area (Å²) in [6.45, 7) is 0.234. The van der Waals surface area contributed by atoms with Crippen molar-refractivity contribution in [1.82, 2.24) is 5.32 Å². The Morgan fingerprint density at radius 2 is 1.95 bits per heavy atom. The highest BCUT2D eigenvalue weighted by Gasteiger charge is 2.51. The number of nitrogens with one attached hydrogen (secondary N) is 1. The maximum absolute atomic E-state index is 12.4. The number of amides is 1. The summed E-state index contributed by atoms with van der Waals surface area (Å²) in [4.78, 5) is 12.4. The largest absolute Gasteiger partial charge is 0.399 e. The zero-order valence-corrected chi connectivity index (χ0v) is 12.7. The van der Waals surface area contributed by atoms with Crippen LogP contribution in [0.1, 0.15) is 31.2 Å². The van der Waals surface area contributed by atoms with Crippen LogP contribution in [-0.2, 0) is 20.0 Å². The summed E-state index contributed by atoms with van der Waals surface area (Å²) >= 11 is 0. The molecule has 5 nitrogen and oxygen atoms in total. The van der Waals surface area contributed by atoms with Crippen molar-refractivity contribution < 1.29 is 13.2 Å². The van der Waals surface area contributed by atoms with Gasteiger partial charge in [-0.3, -0.25) is 4.79 Å². The molecule has 0 radical (unpaired) electrons. The molecule has 1 aromatic carbocycles. The van der Waals surface area contributed by atoms with E-state index in [0.29, 0.717) is 18.5 Å². The first kappa shape index (κ1) is 14.4. The van der Waals surface area contributed by atoms with Crippen molar-refractivity contribution in [3.8, 4) is 0 Å². The topological polar surface area (TPSA) is 89.3 Å². The van der Waals surface area contributed by atoms with Crippen molar-refractivity contribution in [2.24, 2.45) is 0 Å². The van der Waals surface area contributed by atoms with Crippen LogP contribution < -0.4 is 11.1 Å². The molecule has 1 aliphatic heterocycles. The molecule has 1 saturated carbocycles. The van der Waals surface area contributed by atoms with E-state index in [0.717, 1.165) is 18.4 Å². The van der Waals surface area contributed by atoms with Crippen molar-refractivity contribution in [3.63, 3.8) is 0 Å². The third-order valence-electron chi connectivity index (χ3n) is 4.60. The van der Waals surface area contributed by atoms with Crippen LogP contribution in [0.15, 0.2) is 24.3 Å². The summed E-state index contributed by atoms with van der Waals surface area (Å²) in [5.41, 5.74) is 6.83. The van der Waals surface area contributed by atoms with Gasteiger partial charge in [0.05, 0.1) is 16.4 Å². The molecule has 3 N–H and O–H groups in total. The summed E-state index contributed by atoms with van der Waals surface area (Å²) in [7, 11) is -3.01. The lowest BCUT2D eigenvalue weighted by atomic mass is 9.94. The van der Waals surface area contributed by atoms with Crippen LogP contribution in [0.25, 0.3) is 0 Å². The second kappa shape index (κ2) is 5.02. The minimum absolute atomic E-state index is 0.0608. The number of carbonyl (C=O) groups is 1. The molecule has 2 fully saturated rings. The second-order valence-corrected chi connectivity index (χ2v) is 8.45. The van der Waals surface area contributed by atoms with Gasteiger partial charge in [0, 0.05) is 12.2 Å². The number of hydrogen-bond acceptors (Lipinski definition) is 4. The van der Waals surface area contributed by atoms with E-state index in [1.54, 1.807) is 12.1 Å². The fourth-order valence-corrected chi connectivity index (χ4v) is 4.80. The SMILES string of the molecule is Nc1ccc(C2(C(=O)NCC3CCCS3(=O)=O)CC2)cc1. The Balaban J connectivity index is 1.67. The van der Waals surface area contributed by atoms with Gasteiger partial charge in [-0.25, -0.2) is 8.42 Å². The zero-order valence-electron chi connectivity index (χ0n) is 11.8. The quantitative estimate of drug-likeness (QED) is 0.812. The highest BCUT2D eigenvalue weighted by Crippen LogP contribution is 2.48. The van der Waals surface area contributed by atoms with Gasteiger partial charge in [0.25, 0.3) is 0 Å². The van der Waals surface area contributed by atoms with Crippen LogP contribution >= 0.6 is 0 Å². The molecule has 1 atom stereocenters. The molecule has 1 saturated heterocycles. The molecule has 6 heteroatoms. The van der Waals surface area contributed by atoms with Gasteiger partial charge in [-0.2, -0.15) is 0 Å². The van der Waals surface area contributed by atoms with E-state index in [-0.39, 0.29) is 18.2 Å². The van der Waals surface area contributed by atoms with Crippen LogP contribution in [0.4, 0.5) is 5.69 Å². The summed E-state index contributed by atoms with van der Waals surface area (Å²) < 4.78 is 23.6. The lowest BCUT2D eigenvalue weighted by Crippen LogP contribution is -2.40. The number of nitrogen functional groups attached to an aromatic ring is 1. The van der Waals surface area contributed by atoms with Gasteiger partial charge in [-0.1, -0.05) is 12.1 Å². The monoisotopic (exact) mass is 308 g/mol. The van der Waals surface area contributed by atoms with Crippen LogP contribution in [0.5, 0.6) is 0 Å². The summed E-state index contributed by atoms with van der Waals surface area (Å²) in [6.07, 6.45) is 2.96. The maximum atomic E-state index is 12.4. The molecule has 1 aliphatic carbocycles. The Labute approximate surface area is 124 Å². The van der Waals surface area contributed by atoms with Crippen LogP contribution in [0.3, 0.4) is 0 Å². The van der Waals surface area contributed by atoms with Gasteiger partial charge in [-0.05, 0) is 43.4 Å².